The van der Waals surface area contributed by atoms with Crippen LogP contribution >= 0.6 is 34.8 Å². The number of ether oxygens (including phenoxy) is 2. The third-order valence-corrected chi connectivity index (χ3v) is 4.59. The Morgan fingerprint density at radius 1 is 1.21 bits per heavy atom. The molecular formula is C15H23Cl3N2O4. The third kappa shape index (κ3) is 5.74. The van der Waals surface area contributed by atoms with Crippen molar-refractivity contribution in [2.45, 2.75) is 55.5 Å². The molecule has 1 unspecified atom stereocenters. The first-order chi connectivity index (χ1) is 10.9. The van der Waals surface area contributed by atoms with Crippen LogP contribution in [0.5, 0.6) is 0 Å². The van der Waals surface area contributed by atoms with E-state index in [-0.39, 0.29) is 24.2 Å². The molecule has 1 heterocycles. The fourth-order valence-electron chi connectivity index (χ4n) is 2.90. The highest BCUT2D eigenvalue weighted by Gasteiger charge is 2.56. The van der Waals surface area contributed by atoms with Crippen molar-refractivity contribution >= 4 is 47.0 Å². The number of amides is 2. The highest BCUT2D eigenvalue weighted by Crippen LogP contribution is 2.54. The summed E-state index contributed by atoms with van der Waals surface area (Å²) in [5.41, 5.74) is -0.459. The molecule has 1 saturated heterocycles. The summed E-state index contributed by atoms with van der Waals surface area (Å²) < 4.78 is 8.64. The van der Waals surface area contributed by atoms with Gasteiger partial charge in [0.25, 0.3) is 0 Å². The van der Waals surface area contributed by atoms with Crippen molar-refractivity contribution in [1.29, 1.82) is 0 Å². The van der Waals surface area contributed by atoms with E-state index >= 15 is 0 Å². The van der Waals surface area contributed by atoms with Crippen LogP contribution in [0.3, 0.4) is 0 Å². The van der Waals surface area contributed by atoms with E-state index in [9.17, 15) is 9.59 Å². The summed E-state index contributed by atoms with van der Waals surface area (Å²) in [7, 11) is 0. The molecule has 0 radical (unpaired) electrons. The maximum absolute atomic E-state index is 12.1. The van der Waals surface area contributed by atoms with Crippen molar-refractivity contribution in [1.82, 2.24) is 10.2 Å². The number of halogens is 3. The van der Waals surface area contributed by atoms with E-state index < -0.39 is 15.5 Å². The van der Waals surface area contributed by atoms with Gasteiger partial charge in [0.1, 0.15) is 12.2 Å². The van der Waals surface area contributed by atoms with Crippen LogP contribution in [0.2, 0.25) is 0 Å². The van der Waals surface area contributed by atoms with Crippen LogP contribution in [0.4, 0.5) is 9.59 Å². The van der Waals surface area contributed by atoms with Gasteiger partial charge in [-0.2, -0.15) is 0 Å². The number of nitrogens with one attached hydrogen (secondary N) is 1. The van der Waals surface area contributed by atoms with Crippen LogP contribution in [-0.2, 0) is 9.47 Å². The van der Waals surface area contributed by atoms with Gasteiger partial charge in [-0.1, -0.05) is 34.8 Å². The summed E-state index contributed by atoms with van der Waals surface area (Å²) in [4.78, 5) is 25.5. The monoisotopic (exact) mass is 400 g/mol. The molecule has 1 aliphatic carbocycles. The molecule has 2 rings (SSSR count). The van der Waals surface area contributed by atoms with Gasteiger partial charge in [0.05, 0.1) is 0 Å². The molecule has 0 aromatic carbocycles. The zero-order valence-corrected chi connectivity index (χ0v) is 16.3. The fraction of sp³-hybridized carbons (Fsp3) is 0.867. The van der Waals surface area contributed by atoms with Crippen molar-refractivity contribution in [2.75, 3.05) is 19.7 Å². The van der Waals surface area contributed by atoms with Crippen LogP contribution in [0.1, 0.15) is 40.0 Å². The fourth-order valence-corrected chi connectivity index (χ4v) is 3.06. The molecule has 2 aliphatic rings. The minimum atomic E-state index is -1.61. The van der Waals surface area contributed by atoms with Crippen molar-refractivity contribution in [3.8, 4) is 0 Å². The number of rotatable bonds is 2. The Hall–Kier alpha value is -0.590. The summed E-state index contributed by atoms with van der Waals surface area (Å²) in [6.07, 6.45) is 1.64. The van der Waals surface area contributed by atoms with Crippen molar-refractivity contribution in [3.63, 3.8) is 0 Å². The largest absolute Gasteiger partial charge is 0.445 e. The Kier molecular flexibility index (Phi) is 5.72. The number of carbonyl (C=O) groups excluding carboxylic acids is 2. The number of nitrogens with zero attached hydrogens (tertiary/aromatic N) is 1. The first-order valence-electron chi connectivity index (χ1n) is 7.88. The quantitative estimate of drug-likeness (QED) is 0.713. The molecule has 0 bridgehead atoms. The van der Waals surface area contributed by atoms with Gasteiger partial charge in [-0.3, -0.25) is 0 Å². The molecule has 1 saturated carbocycles. The molecule has 1 aliphatic heterocycles. The second-order valence-electron chi connectivity index (χ2n) is 7.42. The van der Waals surface area contributed by atoms with Crippen molar-refractivity contribution in [2.24, 2.45) is 5.41 Å². The minimum absolute atomic E-state index is 0.0392. The summed E-state index contributed by atoms with van der Waals surface area (Å²) in [5.74, 6) is 0. The first kappa shape index (κ1) is 19.7. The second kappa shape index (κ2) is 6.96. The average molecular weight is 402 g/mol. The number of alkyl halides is 3. The Morgan fingerprint density at radius 3 is 2.29 bits per heavy atom. The Bertz CT molecular complexity index is 494. The number of alkyl carbamates (subject to hydrolysis) is 1. The molecule has 0 aromatic rings. The number of carbonyl (C=O) groups is 2. The number of piperidine rings is 1. The van der Waals surface area contributed by atoms with E-state index in [1.807, 2.05) is 20.8 Å². The van der Waals surface area contributed by atoms with Gasteiger partial charge < -0.3 is 19.7 Å². The number of hydrogen-bond acceptors (Lipinski definition) is 4. The van der Waals surface area contributed by atoms with E-state index in [0.29, 0.717) is 13.1 Å². The second-order valence-corrected chi connectivity index (χ2v) is 9.94. The van der Waals surface area contributed by atoms with Crippen LogP contribution in [0.15, 0.2) is 0 Å². The van der Waals surface area contributed by atoms with Crippen LogP contribution in [-0.4, -0.2) is 52.2 Å². The maximum atomic E-state index is 12.1. The lowest BCUT2D eigenvalue weighted by molar-refractivity contribution is 0.0167. The molecule has 1 spiro atoms. The molecule has 138 valence electrons. The Balaban J connectivity index is 1.73. The lowest BCUT2D eigenvalue weighted by atomic mass is 9.93. The topological polar surface area (TPSA) is 67.9 Å². The van der Waals surface area contributed by atoms with Crippen LogP contribution < -0.4 is 5.32 Å². The maximum Gasteiger partial charge on any atom is 0.410 e. The highest BCUT2D eigenvalue weighted by molar-refractivity contribution is 6.67. The number of likely N-dealkylation sites (tertiary alicyclic amines) is 1. The molecule has 0 aromatic heterocycles. The predicted molar refractivity (Wildman–Crippen MR) is 92.7 cm³/mol. The molecular weight excluding hydrogens is 379 g/mol. The zero-order valence-electron chi connectivity index (χ0n) is 14.0. The minimum Gasteiger partial charge on any atom is -0.445 e. The SMILES string of the molecule is CC(C)(C)OC(=O)N1CCC2(CC1)CC2NC(=O)OCC(Cl)(Cl)Cl. The summed E-state index contributed by atoms with van der Waals surface area (Å²) >= 11 is 16.6. The summed E-state index contributed by atoms with van der Waals surface area (Å²) in [6, 6.07) is 0.0427. The zero-order chi connectivity index (χ0) is 18.2. The molecule has 9 heteroatoms. The summed E-state index contributed by atoms with van der Waals surface area (Å²) in [6.45, 7) is 6.49. The van der Waals surface area contributed by atoms with Gasteiger partial charge in [-0.25, -0.2) is 9.59 Å². The van der Waals surface area contributed by atoms with Crippen LogP contribution in [0, 0.1) is 5.41 Å². The van der Waals surface area contributed by atoms with Gasteiger partial charge in [0.15, 0.2) is 0 Å². The molecule has 24 heavy (non-hydrogen) atoms. The Labute approximate surface area is 157 Å². The smallest absolute Gasteiger partial charge is 0.410 e. The van der Waals surface area contributed by atoms with Gasteiger partial charge in [0.2, 0.25) is 3.79 Å². The standard InChI is InChI=1S/C15H23Cl3N2O4/c1-13(2,3)24-12(22)20-6-4-14(5-7-20)8-10(14)19-11(21)23-9-15(16,17)18/h10H,4-9H2,1-3H3,(H,19,21). The van der Waals surface area contributed by atoms with Crippen LogP contribution in [0.25, 0.3) is 0 Å². The lowest BCUT2D eigenvalue weighted by Crippen LogP contribution is -2.44. The van der Waals surface area contributed by atoms with E-state index in [4.69, 9.17) is 44.3 Å². The van der Waals surface area contributed by atoms with Crippen molar-refractivity contribution < 1.29 is 19.1 Å². The highest BCUT2D eigenvalue weighted by atomic mass is 35.6. The summed E-state index contributed by atoms with van der Waals surface area (Å²) in [5, 5.41) is 2.80. The third-order valence-electron chi connectivity index (χ3n) is 4.26. The average Bonchev–Trinajstić information content (AvgIpc) is 3.06. The van der Waals surface area contributed by atoms with E-state index in [1.54, 1.807) is 4.90 Å². The van der Waals surface area contributed by atoms with Gasteiger partial charge in [0, 0.05) is 19.1 Å². The van der Waals surface area contributed by atoms with Gasteiger partial charge in [-0.05, 0) is 45.4 Å². The van der Waals surface area contributed by atoms with Gasteiger partial charge >= 0.3 is 12.2 Å². The first-order valence-corrected chi connectivity index (χ1v) is 9.02. The molecule has 1 N–H and O–H groups in total. The number of hydrogen-bond donors (Lipinski definition) is 1. The van der Waals surface area contributed by atoms with E-state index in [0.717, 1.165) is 19.3 Å². The Morgan fingerprint density at radius 2 is 1.79 bits per heavy atom. The van der Waals surface area contributed by atoms with E-state index in [1.165, 1.54) is 0 Å². The van der Waals surface area contributed by atoms with E-state index in [2.05, 4.69) is 5.32 Å². The predicted octanol–water partition coefficient (Wildman–Crippen LogP) is 3.87. The molecule has 1 atom stereocenters. The lowest BCUT2D eigenvalue weighted by Gasteiger charge is -2.34. The van der Waals surface area contributed by atoms with Crippen molar-refractivity contribution in [3.05, 3.63) is 0 Å². The molecule has 2 fully saturated rings. The van der Waals surface area contributed by atoms with Gasteiger partial charge in [-0.15, -0.1) is 0 Å². The normalized spacial score (nSPS) is 22.9. The molecule has 6 nitrogen and oxygen atoms in total. The molecule has 2 amide bonds.